The van der Waals surface area contributed by atoms with Crippen LogP contribution in [0.25, 0.3) is 32.9 Å². The summed E-state index contributed by atoms with van der Waals surface area (Å²) < 4.78 is 35.0. The molecule has 0 spiro atoms. The monoisotopic (exact) mass is 921 g/mol. The third-order valence-electron chi connectivity index (χ3n) is 10.5. The first-order valence-electron chi connectivity index (χ1n) is 19.5. The summed E-state index contributed by atoms with van der Waals surface area (Å²) in [5, 5.41) is 12.2. The molecule has 1 saturated carbocycles. The number of carbonyl (C=O) groups excluding carboxylic acids is 1. The fourth-order valence-electron chi connectivity index (χ4n) is 8.70. The number of pyridine rings is 1. The molecule has 1 radical (unpaired) electrons. The zero-order chi connectivity index (χ0) is 39.5. The van der Waals surface area contributed by atoms with Gasteiger partial charge in [0.2, 0.25) is 5.76 Å². The van der Waals surface area contributed by atoms with Gasteiger partial charge in [-0.3, -0.25) is 9.78 Å². The van der Waals surface area contributed by atoms with Crippen molar-refractivity contribution in [1.82, 2.24) is 4.98 Å². The van der Waals surface area contributed by atoms with Gasteiger partial charge in [0.05, 0.1) is 5.52 Å². The van der Waals surface area contributed by atoms with Gasteiger partial charge in [-0.05, 0) is 110 Å². The maximum Gasteiger partial charge on any atom is 0.448 e. The maximum atomic E-state index is 11.7. The number of ketones is 1. The van der Waals surface area contributed by atoms with Crippen LogP contribution in [-0.2, 0) is 30.3 Å². The molecule has 0 amide bonds. The molecule has 1 heterocycles. The quantitative estimate of drug-likeness (QED) is 0.103. The number of alkyl halides is 3. The molecule has 3 nitrogen and oxygen atoms in total. The first kappa shape index (κ1) is 45.4. The summed E-state index contributed by atoms with van der Waals surface area (Å²) in [6.07, 6.45) is 3.36. The molecule has 1 aromatic heterocycles. The van der Waals surface area contributed by atoms with E-state index in [-0.39, 0.29) is 43.9 Å². The normalized spacial score (nSPS) is 15.5. The van der Waals surface area contributed by atoms with Gasteiger partial charge in [-0.2, -0.15) is 13.2 Å². The number of halogens is 3. The van der Waals surface area contributed by atoms with E-state index in [1.54, 1.807) is 13.8 Å². The molecular weight excluding hydrogens is 860 g/mol. The molecule has 54 heavy (non-hydrogen) atoms. The number of aliphatic hydroxyl groups is 1. The summed E-state index contributed by atoms with van der Waals surface area (Å²) in [6, 6.07) is 21.9. The van der Waals surface area contributed by atoms with Crippen LogP contribution in [0.4, 0.5) is 13.2 Å². The number of fused-ring (bicyclic) bond motifs is 2. The largest absolute Gasteiger partial charge is 0.504 e. The van der Waals surface area contributed by atoms with E-state index >= 15 is 0 Å². The minimum atomic E-state index is -4.83. The third-order valence-corrected chi connectivity index (χ3v) is 10.5. The predicted octanol–water partition coefficient (Wildman–Crippen LogP) is 14.1. The Morgan fingerprint density at radius 1 is 0.926 bits per heavy atom. The summed E-state index contributed by atoms with van der Waals surface area (Å²) >= 11 is 0. The Balaban J connectivity index is 0.000000481. The van der Waals surface area contributed by atoms with Crippen molar-refractivity contribution < 1.29 is 43.2 Å². The number of benzene rings is 3. The second-order valence-corrected chi connectivity index (χ2v) is 18.0. The smallest absolute Gasteiger partial charge is 0.448 e. The van der Waals surface area contributed by atoms with Gasteiger partial charge in [0.1, 0.15) is 0 Å². The molecule has 5 rings (SSSR count). The Kier molecular flexibility index (Phi) is 15.4. The summed E-state index contributed by atoms with van der Waals surface area (Å²) in [4.78, 5) is 16.1. The van der Waals surface area contributed by atoms with Crippen molar-refractivity contribution in [1.29, 1.82) is 0 Å². The number of hydrogen-bond donors (Lipinski definition) is 1. The SMILES string of the molecule is CC(C)CC(=O)/C=C(\O)C(F)(F)F.Cc1cc(C)c2c(C3CCC(CC(C)C)(CC(C)C)CC3)cc(-c3[c-]c4ccccc4c(C(C)(C)C)c3)nc2c1.[Ir]. The minimum Gasteiger partial charge on any atom is -0.504 e. The zero-order valence-electron chi connectivity index (χ0n) is 34.2. The Labute approximate surface area is 336 Å². The fraction of sp³-hybridized carbons (Fsp3) is 0.532. The maximum absolute atomic E-state index is 11.7. The second kappa shape index (κ2) is 18.3. The Morgan fingerprint density at radius 2 is 1.52 bits per heavy atom. The van der Waals surface area contributed by atoms with E-state index in [2.05, 4.69) is 117 Å². The average Bonchev–Trinajstić information content (AvgIpc) is 3.02. The van der Waals surface area contributed by atoms with Crippen molar-refractivity contribution in [2.75, 3.05) is 0 Å². The molecule has 0 bridgehead atoms. The third kappa shape index (κ3) is 11.7. The van der Waals surface area contributed by atoms with Crippen LogP contribution in [0.3, 0.4) is 0 Å². The van der Waals surface area contributed by atoms with Crippen molar-refractivity contribution in [3.63, 3.8) is 0 Å². The van der Waals surface area contributed by atoms with Crippen LogP contribution in [-0.4, -0.2) is 22.1 Å². The van der Waals surface area contributed by atoms with Crippen molar-refractivity contribution in [3.05, 3.63) is 88.7 Å². The van der Waals surface area contributed by atoms with E-state index in [1.165, 1.54) is 76.9 Å². The van der Waals surface area contributed by atoms with Gasteiger partial charge >= 0.3 is 6.18 Å². The number of aryl methyl sites for hydroxylation is 2. The van der Waals surface area contributed by atoms with E-state index in [0.29, 0.717) is 11.3 Å². The molecule has 297 valence electrons. The molecule has 1 N–H and O–H groups in total. The summed E-state index contributed by atoms with van der Waals surface area (Å²) in [6.45, 7) is 24.5. The molecule has 0 aliphatic heterocycles. The van der Waals surface area contributed by atoms with E-state index in [0.717, 1.165) is 28.6 Å². The van der Waals surface area contributed by atoms with Crippen LogP contribution < -0.4 is 0 Å². The average molecular weight is 921 g/mol. The number of carbonyl (C=O) groups is 1. The fourth-order valence-corrected chi connectivity index (χ4v) is 8.70. The van der Waals surface area contributed by atoms with Gasteiger partial charge < -0.3 is 5.11 Å². The van der Waals surface area contributed by atoms with Crippen LogP contribution in [0.15, 0.2) is 60.4 Å². The summed E-state index contributed by atoms with van der Waals surface area (Å²) in [5.74, 6) is -0.475. The van der Waals surface area contributed by atoms with Gasteiger partial charge in [-0.25, -0.2) is 0 Å². The minimum absolute atomic E-state index is 0. The zero-order valence-corrected chi connectivity index (χ0v) is 36.6. The number of aromatic nitrogens is 1. The molecule has 0 atom stereocenters. The number of aliphatic hydroxyl groups excluding tert-OH is 1. The molecule has 0 saturated heterocycles. The van der Waals surface area contributed by atoms with Crippen LogP contribution in [0.1, 0.15) is 135 Å². The van der Waals surface area contributed by atoms with Crippen molar-refractivity contribution in [2.45, 2.75) is 139 Å². The first-order chi connectivity index (χ1) is 24.6. The van der Waals surface area contributed by atoms with Gasteiger partial charge in [0, 0.05) is 43.7 Å². The first-order valence-corrected chi connectivity index (χ1v) is 19.5. The van der Waals surface area contributed by atoms with Crippen molar-refractivity contribution >= 4 is 27.5 Å². The molecule has 1 aliphatic carbocycles. The van der Waals surface area contributed by atoms with Gasteiger partial charge in [0.15, 0.2) is 5.78 Å². The molecule has 1 fully saturated rings. The van der Waals surface area contributed by atoms with E-state index in [9.17, 15) is 18.0 Å². The molecule has 4 aromatic rings. The molecule has 0 unspecified atom stereocenters. The standard InChI is InChI=1S/C39H50N.C8H11F3O2.Ir/c1-25(2)23-39(24-26(3)4)16-14-29(15-17-39)33-22-35(40-36-19-27(5)18-28(6)37(33)36)31-20-30-12-10-11-13-32(30)34(21-31)38(7,8)9;1-5(2)3-6(12)4-7(13)8(9,10)11;/h10-13,18-19,21-22,25-26,29H,14-17,23-24H2,1-9H3;4-5,13H,3H2,1-2H3;/q-1;;/b;7-4-;. The van der Waals surface area contributed by atoms with Crippen LogP contribution in [0, 0.1) is 43.1 Å². The number of rotatable bonds is 9. The molecule has 1 aliphatic rings. The van der Waals surface area contributed by atoms with Gasteiger partial charge in [-0.15, -0.1) is 29.1 Å². The molecular formula is C47H61F3IrNO2-. The van der Waals surface area contributed by atoms with E-state index in [1.807, 2.05) is 0 Å². The van der Waals surface area contributed by atoms with Crippen LogP contribution in [0.5, 0.6) is 0 Å². The number of hydrogen-bond acceptors (Lipinski definition) is 3. The number of nitrogens with zero attached hydrogens (tertiary/aromatic N) is 1. The summed E-state index contributed by atoms with van der Waals surface area (Å²) in [5.41, 5.74) is 9.41. The number of allylic oxidation sites excluding steroid dienone is 2. The van der Waals surface area contributed by atoms with Gasteiger partial charge in [-0.1, -0.05) is 104 Å². The summed E-state index contributed by atoms with van der Waals surface area (Å²) in [7, 11) is 0. The van der Waals surface area contributed by atoms with Crippen LogP contribution >= 0.6 is 0 Å². The van der Waals surface area contributed by atoms with Crippen molar-refractivity contribution in [2.24, 2.45) is 23.2 Å². The molecule has 7 heteroatoms. The van der Waals surface area contributed by atoms with Gasteiger partial charge in [0.25, 0.3) is 0 Å². The van der Waals surface area contributed by atoms with E-state index < -0.39 is 17.7 Å². The Morgan fingerprint density at radius 3 is 2.06 bits per heavy atom. The van der Waals surface area contributed by atoms with Crippen molar-refractivity contribution in [3.8, 4) is 11.3 Å². The topological polar surface area (TPSA) is 50.2 Å². The van der Waals surface area contributed by atoms with Crippen LogP contribution in [0.2, 0.25) is 0 Å². The predicted molar refractivity (Wildman–Crippen MR) is 215 cm³/mol. The van der Waals surface area contributed by atoms with E-state index in [4.69, 9.17) is 10.1 Å². The Bertz CT molecular complexity index is 1910. The Hall–Kier alpha value is -3.02. The molecule has 3 aromatic carbocycles. The second-order valence-electron chi connectivity index (χ2n) is 18.0.